The Bertz CT molecular complexity index is 1960. The second-order valence-corrected chi connectivity index (χ2v) is 20.2. The first-order valence-electron chi connectivity index (χ1n) is 17.1. The van der Waals surface area contributed by atoms with Crippen molar-refractivity contribution in [2.24, 2.45) is 0 Å². The first kappa shape index (κ1) is 34.7. The summed E-state index contributed by atoms with van der Waals surface area (Å²) < 4.78 is 8.25. The van der Waals surface area contributed by atoms with Crippen molar-refractivity contribution in [3.8, 4) is 17.1 Å². The Kier molecular flexibility index (Phi) is 9.44. The molecule has 5 aromatic rings. The zero-order valence-electron chi connectivity index (χ0n) is 30.1. The summed E-state index contributed by atoms with van der Waals surface area (Å²) in [5, 5.41) is 32.2. The van der Waals surface area contributed by atoms with E-state index in [-0.39, 0.29) is 10.9 Å². The van der Waals surface area contributed by atoms with Gasteiger partial charge in [-0.1, -0.05) is 26.8 Å². The van der Waals surface area contributed by atoms with Crippen LogP contribution in [-0.4, -0.2) is 93.1 Å². The number of aromatic hydroxyl groups is 1. The van der Waals surface area contributed by atoms with Crippen LogP contribution in [0.2, 0.25) is 18.1 Å². The fourth-order valence-corrected chi connectivity index (χ4v) is 7.18. The van der Waals surface area contributed by atoms with Gasteiger partial charge < -0.3 is 24.9 Å². The number of pyridine rings is 3. The molecule has 0 bridgehead atoms. The summed E-state index contributed by atoms with van der Waals surface area (Å²) in [4.78, 5) is 18.4. The van der Waals surface area contributed by atoms with Gasteiger partial charge in [0.15, 0.2) is 8.32 Å². The third-order valence-corrected chi connectivity index (χ3v) is 14.6. The number of aliphatic hydroxyl groups is 1. The number of anilines is 3. The number of nitrogens with one attached hydrogen (secondary N) is 1. The van der Waals surface area contributed by atoms with Crippen LogP contribution in [-0.2, 0) is 11.0 Å². The smallest absolute Gasteiger partial charge is 0.235 e. The lowest BCUT2D eigenvalue weighted by Crippen LogP contribution is -2.48. The van der Waals surface area contributed by atoms with Gasteiger partial charge >= 0.3 is 0 Å². The molecule has 0 radical (unpaired) electrons. The van der Waals surface area contributed by atoms with Crippen molar-refractivity contribution in [1.82, 2.24) is 29.6 Å². The van der Waals surface area contributed by atoms with E-state index in [1.165, 1.54) is 0 Å². The molecule has 6 rings (SSSR count). The minimum atomic E-state index is -1.76. The van der Waals surface area contributed by atoms with Gasteiger partial charge in [0.25, 0.3) is 0 Å². The molecule has 0 amide bonds. The van der Waals surface area contributed by atoms with Crippen molar-refractivity contribution >= 4 is 47.2 Å². The molecule has 1 saturated heterocycles. The van der Waals surface area contributed by atoms with E-state index >= 15 is 0 Å². The van der Waals surface area contributed by atoms with E-state index < -0.39 is 13.9 Å². The molecule has 0 unspecified atom stereocenters. The third kappa shape index (κ3) is 7.57. The summed E-state index contributed by atoms with van der Waals surface area (Å²) in [5.41, 5.74) is 4.49. The minimum absolute atomic E-state index is 0.0231. The largest absolute Gasteiger partial charge is 0.492 e. The van der Waals surface area contributed by atoms with E-state index in [0.29, 0.717) is 18.1 Å². The van der Waals surface area contributed by atoms with E-state index in [4.69, 9.17) is 9.41 Å². The van der Waals surface area contributed by atoms with Crippen LogP contribution in [0.5, 0.6) is 5.88 Å². The zero-order chi connectivity index (χ0) is 35.1. The van der Waals surface area contributed by atoms with Crippen molar-refractivity contribution in [3.05, 3.63) is 60.7 Å². The fourth-order valence-electron chi connectivity index (χ4n) is 6.14. The van der Waals surface area contributed by atoms with E-state index in [2.05, 4.69) is 77.0 Å². The number of fused-ring (bicyclic) bond motifs is 2. The topological polar surface area (TPSA) is 125 Å². The molecule has 1 aliphatic rings. The van der Waals surface area contributed by atoms with Crippen LogP contribution in [0.15, 0.2) is 55.1 Å². The Balaban J connectivity index is 1.18. The van der Waals surface area contributed by atoms with E-state index in [9.17, 15) is 10.2 Å². The van der Waals surface area contributed by atoms with Gasteiger partial charge in [-0.3, -0.25) is 14.6 Å². The average molecular weight is 683 g/mol. The van der Waals surface area contributed by atoms with Crippen LogP contribution in [0.4, 0.5) is 17.2 Å². The van der Waals surface area contributed by atoms with Crippen LogP contribution in [0.1, 0.15) is 40.2 Å². The molecule has 0 spiro atoms. The number of nitrogens with zero attached hydrogens (tertiary/aromatic N) is 7. The molecule has 11 nitrogen and oxygen atoms in total. The maximum absolute atomic E-state index is 10.7. The Labute approximate surface area is 290 Å². The van der Waals surface area contributed by atoms with Gasteiger partial charge in [0.05, 0.1) is 41.4 Å². The van der Waals surface area contributed by atoms with Gasteiger partial charge in [-0.2, -0.15) is 5.10 Å². The number of rotatable bonds is 10. The summed E-state index contributed by atoms with van der Waals surface area (Å²) >= 11 is 0. The maximum atomic E-state index is 10.7. The summed E-state index contributed by atoms with van der Waals surface area (Å²) in [5.74, 6) is 0.679. The van der Waals surface area contributed by atoms with Crippen molar-refractivity contribution in [2.45, 2.75) is 71.8 Å². The molecule has 4 aromatic heterocycles. The lowest BCUT2D eigenvalue weighted by atomic mass is 9.98. The lowest BCUT2D eigenvalue weighted by Gasteiger charge is -2.39. The third-order valence-electron chi connectivity index (χ3n) is 10.0. The second kappa shape index (κ2) is 13.3. The number of hydrogen-bond donors (Lipinski definition) is 3. The standard InChI is InChI=1S/C37H50N8O3Si/c1-25-28(9-10-31-30(25)23-41-45(31)24-37(5,6)47)34-29-20-33(39-21-26(29)11-12-38-34)42-27-19-32(35(46)40-22-27)44-15-13-43(14-16-44)17-18-48-49(7,8)36(2,3)4/h9-12,19-23,47H,13-18,24H2,1-8H3,(H,39,42)(H,40,46). The highest BCUT2D eigenvalue weighted by Crippen LogP contribution is 2.37. The Morgan fingerprint density at radius 1 is 0.918 bits per heavy atom. The van der Waals surface area contributed by atoms with Crippen molar-refractivity contribution in [2.75, 3.05) is 49.5 Å². The maximum Gasteiger partial charge on any atom is 0.235 e. The summed E-state index contributed by atoms with van der Waals surface area (Å²) in [6.07, 6.45) is 7.15. The van der Waals surface area contributed by atoms with Crippen LogP contribution < -0.4 is 10.2 Å². The van der Waals surface area contributed by atoms with Crippen LogP contribution >= 0.6 is 0 Å². The molecule has 1 aromatic carbocycles. The monoisotopic (exact) mass is 682 g/mol. The molecule has 5 heterocycles. The highest BCUT2D eigenvalue weighted by atomic mass is 28.4. The van der Waals surface area contributed by atoms with Crippen LogP contribution in [0.25, 0.3) is 32.9 Å². The average Bonchev–Trinajstić information content (AvgIpc) is 3.43. The highest BCUT2D eigenvalue weighted by molar-refractivity contribution is 6.74. The predicted octanol–water partition coefficient (Wildman–Crippen LogP) is 6.71. The molecule has 1 aliphatic heterocycles. The molecule has 1 fully saturated rings. The molecule has 12 heteroatoms. The van der Waals surface area contributed by atoms with Gasteiger partial charge in [-0.05, 0) is 68.7 Å². The van der Waals surface area contributed by atoms with Crippen molar-refractivity contribution < 1.29 is 14.6 Å². The Morgan fingerprint density at radius 2 is 1.67 bits per heavy atom. The first-order valence-corrected chi connectivity index (χ1v) is 20.0. The number of hydrogen-bond acceptors (Lipinski definition) is 10. The van der Waals surface area contributed by atoms with Gasteiger partial charge in [0.1, 0.15) is 11.5 Å². The molecule has 0 saturated carbocycles. The SMILES string of the molecule is Cc1c(-c2nccc3cnc(Nc4cnc(O)c(N5CCN(CCO[Si](C)(C)C(C)(C)C)CC5)c4)cc23)ccc2c1cnn2CC(C)(C)O. The molecular formula is C37H50N8O3Si. The fraction of sp³-hybridized carbons (Fsp3) is 0.459. The van der Waals surface area contributed by atoms with Crippen molar-refractivity contribution in [3.63, 3.8) is 0 Å². The summed E-state index contributed by atoms with van der Waals surface area (Å²) in [6, 6.07) is 10.0. The zero-order valence-corrected chi connectivity index (χ0v) is 31.1. The van der Waals surface area contributed by atoms with Crippen molar-refractivity contribution in [1.29, 1.82) is 0 Å². The molecule has 260 valence electrons. The molecule has 49 heavy (non-hydrogen) atoms. The highest BCUT2D eigenvalue weighted by Gasteiger charge is 2.37. The van der Waals surface area contributed by atoms with Gasteiger partial charge in [-0.15, -0.1) is 0 Å². The number of piperazine rings is 1. The minimum Gasteiger partial charge on any atom is -0.492 e. The molecule has 0 atom stereocenters. The summed E-state index contributed by atoms with van der Waals surface area (Å²) in [6.45, 7) is 22.5. The Morgan fingerprint density at radius 3 is 2.39 bits per heavy atom. The normalized spacial score (nSPS) is 15.0. The Hall–Kier alpha value is -4.10. The number of aryl methyl sites for hydroxylation is 1. The van der Waals surface area contributed by atoms with E-state index in [1.54, 1.807) is 20.0 Å². The number of aromatic nitrogens is 5. The van der Waals surface area contributed by atoms with Gasteiger partial charge in [0, 0.05) is 73.4 Å². The van der Waals surface area contributed by atoms with E-state index in [0.717, 1.165) is 83.5 Å². The van der Waals surface area contributed by atoms with Crippen LogP contribution in [0.3, 0.4) is 0 Å². The quantitative estimate of drug-likeness (QED) is 0.137. The van der Waals surface area contributed by atoms with Crippen LogP contribution in [0, 0.1) is 6.92 Å². The second-order valence-electron chi connectivity index (χ2n) is 15.4. The first-order chi connectivity index (χ1) is 23.1. The van der Waals surface area contributed by atoms with Gasteiger partial charge in [-0.25, -0.2) is 9.97 Å². The molecular weight excluding hydrogens is 633 g/mol. The predicted molar refractivity (Wildman–Crippen MR) is 200 cm³/mol. The number of benzene rings is 1. The molecule has 0 aliphatic carbocycles. The molecule has 3 N–H and O–H groups in total. The lowest BCUT2D eigenvalue weighted by molar-refractivity contribution is 0.0591. The summed E-state index contributed by atoms with van der Waals surface area (Å²) in [7, 11) is -1.76. The van der Waals surface area contributed by atoms with E-state index in [1.807, 2.05) is 47.5 Å². The van der Waals surface area contributed by atoms with Gasteiger partial charge in [0.2, 0.25) is 5.88 Å².